The molecule has 0 spiro atoms. The summed E-state index contributed by atoms with van der Waals surface area (Å²) in [5.74, 6) is 0.560. The molecule has 1 nitrogen and oxygen atoms in total. The minimum absolute atomic E-state index is 0. The van der Waals surface area contributed by atoms with Crippen molar-refractivity contribution in [2.75, 3.05) is 6.61 Å². The Bertz CT molecular complexity index is 58.1. The Kier molecular flexibility index (Phi) is 16.0. The van der Waals surface area contributed by atoms with E-state index in [0.29, 0.717) is 12.5 Å². The van der Waals surface area contributed by atoms with E-state index >= 15 is 0 Å². The maximum Gasteiger partial charge on any atom is 1.00 e. The summed E-state index contributed by atoms with van der Waals surface area (Å²) >= 11 is 0. The fourth-order valence-corrected chi connectivity index (χ4v) is 0.917. The Morgan fingerprint density at radius 2 is 2.00 bits per heavy atom. The molecule has 1 N–H and O–H groups in total. The van der Waals surface area contributed by atoms with Crippen LogP contribution in [0.2, 0.25) is 0 Å². The van der Waals surface area contributed by atoms with E-state index in [1.165, 1.54) is 19.3 Å². The first-order valence-electron chi connectivity index (χ1n) is 3.96. The van der Waals surface area contributed by atoms with Gasteiger partial charge in [0, 0.05) is 6.61 Å². The van der Waals surface area contributed by atoms with Crippen molar-refractivity contribution in [3.8, 4) is 0 Å². The molecule has 0 amide bonds. The molecule has 2 heteroatoms. The van der Waals surface area contributed by atoms with Crippen LogP contribution in [-0.4, -0.2) is 11.7 Å². The molecule has 0 aromatic heterocycles. The summed E-state index contributed by atoms with van der Waals surface area (Å²) in [6, 6.07) is 0. The minimum Gasteiger partial charge on any atom is -1.00 e. The number of aliphatic hydroxyl groups excluding tert-OH is 1. The van der Waals surface area contributed by atoms with Gasteiger partial charge < -0.3 is 6.53 Å². The van der Waals surface area contributed by atoms with Crippen molar-refractivity contribution in [2.24, 2.45) is 5.92 Å². The zero-order valence-electron chi connectivity index (χ0n) is 8.56. The predicted octanol–water partition coefficient (Wildman–Crippen LogP) is -0.688. The van der Waals surface area contributed by atoms with Crippen molar-refractivity contribution in [1.82, 2.24) is 0 Å². The first kappa shape index (κ1) is 14.5. The van der Waals surface area contributed by atoms with Crippen LogP contribution in [-0.2, 0) is 0 Å². The van der Waals surface area contributed by atoms with Gasteiger partial charge in [-0.2, -0.15) is 0 Å². The van der Waals surface area contributed by atoms with E-state index in [1.54, 1.807) is 0 Å². The summed E-state index contributed by atoms with van der Waals surface area (Å²) in [7, 11) is 0. The first-order chi connectivity index (χ1) is 4.35. The summed E-state index contributed by atoms with van der Waals surface area (Å²) < 4.78 is 0. The van der Waals surface area contributed by atoms with Gasteiger partial charge in [0.25, 0.3) is 0 Å². The van der Waals surface area contributed by atoms with Crippen molar-refractivity contribution >= 4 is 0 Å². The second kappa shape index (κ2) is 11.0. The van der Waals surface area contributed by atoms with E-state index in [1.807, 2.05) is 0 Å². The summed E-state index contributed by atoms with van der Waals surface area (Å²) in [6.45, 7) is 4.69. The summed E-state index contributed by atoms with van der Waals surface area (Å²) in [6.07, 6.45) is 4.83. The van der Waals surface area contributed by atoms with Gasteiger partial charge >= 0.3 is 68.9 Å². The van der Waals surface area contributed by atoms with E-state index in [2.05, 4.69) is 13.8 Å². The third-order valence-electron chi connectivity index (χ3n) is 1.80. The second-order valence-corrected chi connectivity index (χ2v) is 2.60. The number of aliphatic hydroxyl groups is 1. The molecule has 0 aromatic carbocycles. The van der Waals surface area contributed by atoms with Crippen LogP contribution >= 0.6 is 0 Å². The van der Waals surface area contributed by atoms with Crippen LogP contribution in [0.4, 0.5) is 0 Å². The topological polar surface area (TPSA) is 20.2 Å². The smallest absolute Gasteiger partial charge is 1.00 e. The van der Waals surface area contributed by atoms with E-state index in [4.69, 9.17) is 5.11 Å². The van der Waals surface area contributed by atoms with Gasteiger partial charge in [-0.3, -0.25) is 0 Å². The summed E-state index contributed by atoms with van der Waals surface area (Å²) in [5, 5.41) is 8.75. The van der Waals surface area contributed by atoms with Crippen molar-refractivity contribution < 1.29 is 75.4 Å². The van der Waals surface area contributed by atoms with Crippen LogP contribution in [0, 0.1) is 5.92 Å². The largest absolute Gasteiger partial charge is 1.00 e. The van der Waals surface area contributed by atoms with Crippen molar-refractivity contribution in [2.45, 2.75) is 39.5 Å². The van der Waals surface area contributed by atoms with Crippen molar-refractivity contribution in [3.05, 3.63) is 0 Å². The van der Waals surface area contributed by atoms with Gasteiger partial charge in [0.15, 0.2) is 0 Å². The molecule has 0 aliphatic heterocycles. The second-order valence-electron chi connectivity index (χ2n) is 2.60. The third-order valence-corrected chi connectivity index (χ3v) is 1.80. The molecule has 0 saturated carbocycles. The van der Waals surface area contributed by atoms with Crippen molar-refractivity contribution in [1.29, 1.82) is 0 Å². The van der Waals surface area contributed by atoms with Crippen LogP contribution in [0.1, 0.15) is 41.0 Å². The molecule has 1 atom stereocenters. The van der Waals surface area contributed by atoms with Crippen LogP contribution in [0.5, 0.6) is 0 Å². The molecule has 0 radical (unpaired) electrons. The fraction of sp³-hybridized carbons (Fsp3) is 1.00. The molecule has 0 heterocycles. The Morgan fingerprint density at radius 1 is 1.40 bits per heavy atom. The van der Waals surface area contributed by atoms with E-state index in [0.717, 1.165) is 6.42 Å². The first-order valence-corrected chi connectivity index (χ1v) is 3.96. The standard InChI is InChI=1S/C8H18O.Cs.H/c1-3-5-6-8(4-2)7-9;;/h8-9H,3-7H2,1-2H3;;/q;+1;-1. The average Bonchev–Trinajstić information content (AvgIpc) is 1.91. The van der Waals surface area contributed by atoms with Gasteiger partial charge in [-0.05, 0) is 12.3 Å². The van der Waals surface area contributed by atoms with Crippen LogP contribution in [0.25, 0.3) is 0 Å². The van der Waals surface area contributed by atoms with E-state index in [9.17, 15) is 0 Å². The molecule has 0 bridgehead atoms. The normalized spacial score (nSPS) is 12.3. The molecule has 0 rings (SSSR count). The maximum absolute atomic E-state index is 8.75. The number of hydrogen-bond acceptors (Lipinski definition) is 1. The number of unbranched alkanes of at least 4 members (excludes halogenated alkanes) is 1. The zero-order chi connectivity index (χ0) is 7.11. The Labute approximate surface area is 125 Å². The van der Waals surface area contributed by atoms with Crippen LogP contribution in [0.15, 0.2) is 0 Å². The van der Waals surface area contributed by atoms with Crippen LogP contribution < -0.4 is 68.9 Å². The van der Waals surface area contributed by atoms with E-state index in [-0.39, 0.29) is 70.3 Å². The molecular formula is C8H19CsO. The monoisotopic (exact) mass is 264 g/mol. The quantitative estimate of drug-likeness (QED) is 0.697. The summed E-state index contributed by atoms with van der Waals surface area (Å²) in [5.41, 5.74) is 0. The zero-order valence-corrected chi connectivity index (χ0v) is 13.8. The van der Waals surface area contributed by atoms with Crippen LogP contribution in [0.3, 0.4) is 0 Å². The Morgan fingerprint density at radius 3 is 2.30 bits per heavy atom. The summed E-state index contributed by atoms with van der Waals surface area (Å²) in [4.78, 5) is 0. The number of rotatable bonds is 5. The molecule has 0 saturated heterocycles. The molecule has 0 aliphatic carbocycles. The van der Waals surface area contributed by atoms with Gasteiger partial charge in [0.2, 0.25) is 0 Å². The Hall–Kier alpha value is 2.01. The van der Waals surface area contributed by atoms with E-state index < -0.39 is 0 Å². The maximum atomic E-state index is 8.75. The molecule has 58 valence electrons. The molecule has 0 fully saturated rings. The minimum atomic E-state index is 0. The molecule has 0 aromatic rings. The SMILES string of the molecule is CCCCC(CC)CO.[Cs+].[H-]. The molecule has 10 heavy (non-hydrogen) atoms. The van der Waals surface area contributed by atoms with Crippen molar-refractivity contribution in [3.63, 3.8) is 0 Å². The van der Waals surface area contributed by atoms with Gasteiger partial charge in [0.05, 0.1) is 0 Å². The molecule has 1 unspecified atom stereocenters. The van der Waals surface area contributed by atoms with Gasteiger partial charge in [0.1, 0.15) is 0 Å². The van der Waals surface area contributed by atoms with Gasteiger partial charge in [-0.25, -0.2) is 0 Å². The fourth-order valence-electron chi connectivity index (χ4n) is 0.917. The molecular weight excluding hydrogens is 245 g/mol. The number of hydrogen-bond donors (Lipinski definition) is 1. The molecule has 0 aliphatic rings. The van der Waals surface area contributed by atoms with Gasteiger partial charge in [-0.1, -0.05) is 33.1 Å². The third kappa shape index (κ3) is 8.11. The average molecular weight is 264 g/mol. The Balaban J connectivity index is -0.000000320. The predicted molar refractivity (Wildman–Crippen MR) is 41.5 cm³/mol. The van der Waals surface area contributed by atoms with Gasteiger partial charge in [-0.15, -0.1) is 0 Å².